The van der Waals surface area contributed by atoms with Crippen LogP contribution in [0.4, 0.5) is 14.5 Å². The predicted molar refractivity (Wildman–Crippen MR) is 132 cm³/mol. The molecule has 0 bridgehead atoms. The third-order valence-electron chi connectivity index (χ3n) is 6.33. The fourth-order valence-electron chi connectivity index (χ4n) is 4.40. The number of nitrogens with zero attached hydrogens (tertiary/aromatic N) is 1. The lowest BCUT2D eigenvalue weighted by Crippen LogP contribution is -2.30. The van der Waals surface area contributed by atoms with Crippen LogP contribution in [0.15, 0.2) is 66.2 Å². The smallest absolute Gasteiger partial charge is 0.300 e. The summed E-state index contributed by atoms with van der Waals surface area (Å²) in [6.07, 6.45) is 0. The van der Waals surface area contributed by atoms with Crippen LogP contribution in [0.1, 0.15) is 54.6 Å². The second kappa shape index (κ2) is 8.77. The summed E-state index contributed by atoms with van der Waals surface area (Å²) < 4.78 is 28.5. The molecular formula is C29H27F2NO3. The quantitative estimate of drug-likeness (QED) is 0.267. The molecule has 0 aliphatic carbocycles. The molecule has 1 aliphatic heterocycles. The minimum atomic E-state index is -1.09. The summed E-state index contributed by atoms with van der Waals surface area (Å²) in [6.45, 7) is 9.75. The highest BCUT2D eigenvalue weighted by atomic mass is 19.1. The number of benzene rings is 3. The van der Waals surface area contributed by atoms with Crippen LogP contribution in [0.5, 0.6) is 0 Å². The van der Waals surface area contributed by atoms with E-state index in [-0.39, 0.29) is 22.4 Å². The van der Waals surface area contributed by atoms with E-state index in [0.29, 0.717) is 17.2 Å². The molecule has 0 aromatic heterocycles. The Balaban J connectivity index is 2.01. The van der Waals surface area contributed by atoms with Gasteiger partial charge in [0.1, 0.15) is 17.4 Å². The van der Waals surface area contributed by atoms with Gasteiger partial charge in [0.15, 0.2) is 0 Å². The van der Waals surface area contributed by atoms with Crippen molar-refractivity contribution in [3.8, 4) is 0 Å². The van der Waals surface area contributed by atoms with Crippen molar-refractivity contribution in [1.29, 1.82) is 0 Å². The van der Waals surface area contributed by atoms with E-state index < -0.39 is 29.4 Å². The highest BCUT2D eigenvalue weighted by Gasteiger charge is 2.48. The number of aliphatic hydroxyl groups excluding tert-OH is 1. The molecule has 1 amide bonds. The normalized spacial score (nSPS) is 17.8. The summed E-state index contributed by atoms with van der Waals surface area (Å²) in [5.74, 6) is -4.03. The number of amides is 1. The number of aliphatic hydroxyl groups is 1. The van der Waals surface area contributed by atoms with Crippen molar-refractivity contribution in [3.63, 3.8) is 0 Å². The van der Waals surface area contributed by atoms with Gasteiger partial charge < -0.3 is 5.11 Å². The van der Waals surface area contributed by atoms with E-state index in [1.165, 1.54) is 0 Å². The van der Waals surface area contributed by atoms with Crippen molar-refractivity contribution < 1.29 is 23.5 Å². The Hall–Kier alpha value is -3.80. The Morgan fingerprint density at radius 2 is 1.66 bits per heavy atom. The average Bonchev–Trinajstić information content (AvgIpc) is 3.03. The van der Waals surface area contributed by atoms with E-state index in [4.69, 9.17) is 0 Å². The van der Waals surface area contributed by atoms with E-state index in [0.717, 1.165) is 33.7 Å². The molecule has 0 radical (unpaired) electrons. The van der Waals surface area contributed by atoms with Gasteiger partial charge in [-0.05, 0) is 54.2 Å². The maximum Gasteiger partial charge on any atom is 0.300 e. The zero-order valence-corrected chi connectivity index (χ0v) is 20.3. The number of aryl methyl sites for hydroxylation is 2. The van der Waals surface area contributed by atoms with Crippen LogP contribution < -0.4 is 4.90 Å². The van der Waals surface area contributed by atoms with E-state index >= 15 is 0 Å². The number of rotatable bonds is 3. The van der Waals surface area contributed by atoms with Gasteiger partial charge in [0, 0.05) is 11.6 Å². The zero-order chi connectivity index (χ0) is 25.7. The van der Waals surface area contributed by atoms with E-state index in [9.17, 15) is 23.5 Å². The number of carbonyl (C=O) groups excluding carboxylic acids is 2. The van der Waals surface area contributed by atoms with E-state index in [1.54, 1.807) is 25.1 Å². The third-order valence-corrected chi connectivity index (χ3v) is 6.33. The summed E-state index contributed by atoms with van der Waals surface area (Å²) in [4.78, 5) is 27.6. The first-order valence-corrected chi connectivity index (χ1v) is 11.3. The molecule has 1 aliphatic rings. The summed E-state index contributed by atoms with van der Waals surface area (Å²) in [7, 11) is 0. The van der Waals surface area contributed by atoms with Crippen molar-refractivity contribution in [2.24, 2.45) is 0 Å². The van der Waals surface area contributed by atoms with Gasteiger partial charge in [0.05, 0.1) is 17.3 Å². The van der Waals surface area contributed by atoms with Gasteiger partial charge >= 0.3 is 0 Å². The summed E-state index contributed by atoms with van der Waals surface area (Å²) in [5.41, 5.74) is 2.87. The van der Waals surface area contributed by atoms with Crippen molar-refractivity contribution in [2.45, 2.75) is 46.1 Å². The monoisotopic (exact) mass is 475 g/mol. The fraction of sp³-hybridized carbons (Fsp3) is 0.241. The number of hydrogen-bond acceptors (Lipinski definition) is 3. The molecule has 1 fully saturated rings. The minimum absolute atomic E-state index is 0.140. The molecular weight excluding hydrogens is 448 g/mol. The summed E-state index contributed by atoms with van der Waals surface area (Å²) >= 11 is 0. The highest BCUT2D eigenvalue weighted by Crippen LogP contribution is 2.43. The van der Waals surface area contributed by atoms with Crippen LogP contribution in [0.25, 0.3) is 5.76 Å². The van der Waals surface area contributed by atoms with Crippen molar-refractivity contribution in [2.75, 3.05) is 4.90 Å². The lowest BCUT2D eigenvalue weighted by Gasteiger charge is -2.26. The lowest BCUT2D eigenvalue weighted by molar-refractivity contribution is -0.132. The fourth-order valence-corrected chi connectivity index (χ4v) is 4.40. The highest BCUT2D eigenvalue weighted by molar-refractivity contribution is 6.51. The van der Waals surface area contributed by atoms with Crippen LogP contribution in [0.2, 0.25) is 0 Å². The Morgan fingerprint density at radius 1 is 0.943 bits per heavy atom. The van der Waals surface area contributed by atoms with Crippen LogP contribution in [0.3, 0.4) is 0 Å². The Bertz CT molecular complexity index is 1380. The third kappa shape index (κ3) is 4.36. The van der Waals surface area contributed by atoms with Crippen LogP contribution >= 0.6 is 0 Å². The molecule has 1 atom stereocenters. The molecule has 0 spiro atoms. The lowest BCUT2D eigenvalue weighted by atomic mass is 9.84. The molecule has 4 rings (SSSR count). The Morgan fingerprint density at radius 3 is 2.29 bits per heavy atom. The molecule has 3 aromatic rings. The number of hydrogen-bond donors (Lipinski definition) is 1. The first-order chi connectivity index (χ1) is 16.4. The number of halogens is 2. The van der Waals surface area contributed by atoms with Crippen molar-refractivity contribution in [1.82, 2.24) is 0 Å². The number of carbonyl (C=O) groups is 2. The Labute approximate surface area is 203 Å². The second-order valence-electron chi connectivity index (χ2n) is 9.96. The van der Waals surface area contributed by atoms with E-state index in [1.807, 2.05) is 52.0 Å². The molecule has 1 heterocycles. The molecule has 1 N–H and O–H groups in total. The van der Waals surface area contributed by atoms with Crippen molar-refractivity contribution >= 4 is 23.1 Å². The standard InChI is InChI=1S/C29H27F2NO3/c1-16-7-6-8-18(13-16)25-24(26(33)21-14-19(29(3,4)5)10-9-17(21)2)27(34)28(35)32(25)23-12-11-20(30)15-22(23)31/h6-15,25,33H,1-5H3/b26-24+. The molecule has 35 heavy (non-hydrogen) atoms. The second-order valence-corrected chi connectivity index (χ2v) is 9.96. The van der Waals surface area contributed by atoms with Crippen LogP contribution in [-0.2, 0) is 15.0 Å². The topological polar surface area (TPSA) is 57.6 Å². The largest absolute Gasteiger partial charge is 0.507 e. The minimum Gasteiger partial charge on any atom is -0.507 e. The summed E-state index contributed by atoms with van der Waals surface area (Å²) in [5, 5.41) is 11.5. The zero-order valence-electron chi connectivity index (χ0n) is 20.3. The molecule has 6 heteroatoms. The molecule has 180 valence electrons. The molecule has 4 nitrogen and oxygen atoms in total. The van der Waals surface area contributed by atoms with Crippen molar-refractivity contribution in [3.05, 3.63) is 106 Å². The molecule has 1 saturated heterocycles. The van der Waals surface area contributed by atoms with Gasteiger partial charge in [-0.1, -0.05) is 62.7 Å². The first-order valence-electron chi connectivity index (χ1n) is 11.3. The Kier molecular flexibility index (Phi) is 6.09. The molecule has 3 aromatic carbocycles. The van der Waals surface area contributed by atoms with Gasteiger partial charge in [-0.25, -0.2) is 8.78 Å². The SMILES string of the molecule is Cc1cccc(C2/C(=C(\O)c3cc(C(C)(C)C)ccc3C)C(=O)C(=O)N2c2ccc(F)cc2F)c1. The molecule has 1 unspecified atom stereocenters. The molecule has 0 saturated carbocycles. The van der Waals surface area contributed by atoms with Gasteiger partial charge in [0.2, 0.25) is 0 Å². The maximum atomic E-state index is 14.8. The predicted octanol–water partition coefficient (Wildman–Crippen LogP) is 6.51. The average molecular weight is 476 g/mol. The maximum absolute atomic E-state index is 14.8. The van der Waals surface area contributed by atoms with Gasteiger partial charge in [-0.3, -0.25) is 14.5 Å². The van der Waals surface area contributed by atoms with Crippen LogP contribution in [-0.4, -0.2) is 16.8 Å². The number of Topliss-reactive ketones (excluding diaryl/α,β-unsaturated/α-hetero) is 1. The number of anilines is 1. The number of ketones is 1. The summed E-state index contributed by atoms with van der Waals surface area (Å²) in [6, 6.07) is 14.5. The van der Waals surface area contributed by atoms with Crippen LogP contribution in [0, 0.1) is 25.5 Å². The first kappa shape index (κ1) is 24.3. The van der Waals surface area contributed by atoms with E-state index in [2.05, 4.69) is 0 Å². The van der Waals surface area contributed by atoms with Gasteiger partial charge in [-0.15, -0.1) is 0 Å². The van der Waals surface area contributed by atoms with Gasteiger partial charge in [0.25, 0.3) is 11.7 Å². The van der Waals surface area contributed by atoms with Gasteiger partial charge in [-0.2, -0.15) is 0 Å².